The minimum absolute atomic E-state index is 0.0166. The summed E-state index contributed by atoms with van der Waals surface area (Å²) in [5.74, 6) is 0. The van der Waals surface area contributed by atoms with Crippen molar-refractivity contribution in [1.82, 2.24) is 0 Å². The van der Waals surface area contributed by atoms with E-state index in [4.69, 9.17) is 18.9 Å². The van der Waals surface area contributed by atoms with Crippen LogP contribution in [0.5, 0.6) is 0 Å². The van der Waals surface area contributed by atoms with Gasteiger partial charge in [0, 0.05) is 13.2 Å². The molecule has 0 atom stereocenters. The summed E-state index contributed by atoms with van der Waals surface area (Å²) in [6.45, 7) is 9.26. The standard InChI is InChI=1S/C25H50O4/c1-4-7-22-26-24-27-23-18-16-14-12-10-8-9-11-13-15-17-19-25(28-20-5-2)29-21-6-3/h18,23,25H,4-17,19-22,24H2,1-3H3. The second-order valence-electron chi connectivity index (χ2n) is 7.85. The van der Waals surface area contributed by atoms with Crippen LogP contribution in [0.1, 0.15) is 117 Å². The first kappa shape index (κ1) is 28.4. The maximum atomic E-state index is 5.79. The van der Waals surface area contributed by atoms with Gasteiger partial charge in [0.05, 0.1) is 12.9 Å². The van der Waals surface area contributed by atoms with Crippen molar-refractivity contribution in [2.24, 2.45) is 0 Å². The van der Waals surface area contributed by atoms with E-state index in [-0.39, 0.29) is 6.29 Å². The minimum atomic E-state index is 0.0166. The van der Waals surface area contributed by atoms with Crippen molar-refractivity contribution in [3.63, 3.8) is 0 Å². The molecule has 0 aromatic heterocycles. The highest BCUT2D eigenvalue weighted by Crippen LogP contribution is 2.14. The molecule has 0 aromatic rings. The predicted octanol–water partition coefficient (Wildman–Crippen LogP) is 7.76. The molecule has 0 fully saturated rings. The first-order chi connectivity index (χ1) is 14.3. The van der Waals surface area contributed by atoms with Crippen LogP contribution in [0.25, 0.3) is 0 Å². The third-order valence-electron chi connectivity index (χ3n) is 4.81. The molecule has 0 saturated carbocycles. The normalized spacial score (nSPS) is 11.7. The fourth-order valence-corrected chi connectivity index (χ4v) is 3.05. The summed E-state index contributed by atoms with van der Waals surface area (Å²) >= 11 is 0. The van der Waals surface area contributed by atoms with Crippen LogP contribution in [0.4, 0.5) is 0 Å². The second-order valence-corrected chi connectivity index (χ2v) is 7.85. The fourth-order valence-electron chi connectivity index (χ4n) is 3.05. The van der Waals surface area contributed by atoms with Gasteiger partial charge in [-0.25, -0.2) is 0 Å². The van der Waals surface area contributed by atoms with Crippen LogP contribution in [0.3, 0.4) is 0 Å². The summed E-state index contributed by atoms with van der Waals surface area (Å²) in [7, 11) is 0. The fraction of sp³-hybridized carbons (Fsp3) is 0.920. The lowest BCUT2D eigenvalue weighted by Crippen LogP contribution is -2.18. The van der Waals surface area contributed by atoms with Crippen LogP contribution in [0, 0.1) is 0 Å². The first-order valence-electron chi connectivity index (χ1n) is 12.4. The van der Waals surface area contributed by atoms with Gasteiger partial charge in [-0.05, 0) is 51.0 Å². The molecule has 0 N–H and O–H groups in total. The lowest BCUT2D eigenvalue weighted by atomic mass is 10.1. The molecule has 0 aromatic carbocycles. The average molecular weight is 415 g/mol. The van der Waals surface area contributed by atoms with E-state index in [1.165, 1.54) is 64.2 Å². The molecule has 0 spiro atoms. The number of rotatable bonds is 24. The molecule has 4 heteroatoms. The Bertz CT molecular complexity index is 312. The van der Waals surface area contributed by atoms with Gasteiger partial charge in [0.1, 0.15) is 0 Å². The van der Waals surface area contributed by atoms with Crippen molar-refractivity contribution in [2.45, 2.75) is 123 Å². The first-order valence-corrected chi connectivity index (χ1v) is 12.4. The Hall–Kier alpha value is -0.580. The Morgan fingerprint density at radius 2 is 1.21 bits per heavy atom. The van der Waals surface area contributed by atoms with Crippen LogP contribution in [-0.4, -0.2) is 32.9 Å². The summed E-state index contributed by atoms with van der Waals surface area (Å²) in [5, 5.41) is 0. The van der Waals surface area contributed by atoms with E-state index in [1.807, 2.05) is 0 Å². The molecule has 0 bridgehead atoms. The van der Waals surface area contributed by atoms with Crippen molar-refractivity contribution in [1.29, 1.82) is 0 Å². The van der Waals surface area contributed by atoms with E-state index >= 15 is 0 Å². The lowest BCUT2D eigenvalue weighted by molar-refractivity contribution is -0.146. The zero-order chi connectivity index (χ0) is 21.3. The zero-order valence-electron chi connectivity index (χ0n) is 19.8. The molecule has 0 radical (unpaired) electrons. The predicted molar refractivity (Wildman–Crippen MR) is 123 cm³/mol. The van der Waals surface area contributed by atoms with Gasteiger partial charge in [0.25, 0.3) is 0 Å². The molecule has 174 valence electrons. The van der Waals surface area contributed by atoms with E-state index in [2.05, 4.69) is 26.8 Å². The van der Waals surface area contributed by atoms with Crippen molar-refractivity contribution in [3.8, 4) is 0 Å². The van der Waals surface area contributed by atoms with Gasteiger partial charge in [-0.2, -0.15) is 0 Å². The molecule has 0 aliphatic rings. The van der Waals surface area contributed by atoms with Crippen molar-refractivity contribution >= 4 is 0 Å². The SMILES string of the molecule is CCCCOCOC=CCCCCCCCCCCCC(OCCC)OCCC. The molecule has 0 rings (SSSR count). The van der Waals surface area contributed by atoms with Crippen LogP contribution >= 0.6 is 0 Å². The van der Waals surface area contributed by atoms with Crippen LogP contribution in [-0.2, 0) is 18.9 Å². The highest BCUT2D eigenvalue weighted by atomic mass is 16.7. The third-order valence-corrected chi connectivity index (χ3v) is 4.81. The molecule has 0 aliphatic carbocycles. The highest BCUT2D eigenvalue weighted by Gasteiger charge is 2.08. The lowest BCUT2D eigenvalue weighted by Gasteiger charge is -2.18. The van der Waals surface area contributed by atoms with Gasteiger partial charge in [-0.3, -0.25) is 0 Å². The van der Waals surface area contributed by atoms with E-state index in [0.717, 1.165) is 51.9 Å². The average Bonchev–Trinajstić information content (AvgIpc) is 2.74. The molecule has 4 nitrogen and oxygen atoms in total. The molecule has 0 amide bonds. The summed E-state index contributed by atoms with van der Waals surface area (Å²) < 4.78 is 22.2. The molecular weight excluding hydrogens is 364 g/mol. The van der Waals surface area contributed by atoms with Crippen LogP contribution in [0.2, 0.25) is 0 Å². The van der Waals surface area contributed by atoms with Gasteiger partial charge in [-0.1, -0.05) is 72.1 Å². The quantitative estimate of drug-likeness (QED) is 0.0918. The summed E-state index contributed by atoms with van der Waals surface area (Å²) in [6.07, 6.45) is 22.4. The molecule has 0 unspecified atom stereocenters. The van der Waals surface area contributed by atoms with E-state index in [0.29, 0.717) is 6.79 Å². The maximum absolute atomic E-state index is 5.79. The Balaban J connectivity index is 3.29. The van der Waals surface area contributed by atoms with Gasteiger partial charge in [-0.15, -0.1) is 0 Å². The Labute approximate surface area is 181 Å². The summed E-state index contributed by atoms with van der Waals surface area (Å²) in [4.78, 5) is 0. The van der Waals surface area contributed by atoms with Crippen molar-refractivity contribution in [3.05, 3.63) is 12.3 Å². The Morgan fingerprint density at radius 3 is 1.79 bits per heavy atom. The third kappa shape index (κ3) is 23.6. The topological polar surface area (TPSA) is 36.9 Å². The molecule has 0 aliphatic heterocycles. The zero-order valence-corrected chi connectivity index (χ0v) is 19.8. The van der Waals surface area contributed by atoms with Crippen molar-refractivity contribution < 1.29 is 18.9 Å². The Kier molecular flexibility index (Phi) is 24.9. The number of ether oxygens (including phenoxy) is 4. The smallest absolute Gasteiger partial charge is 0.188 e. The molecule has 29 heavy (non-hydrogen) atoms. The van der Waals surface area contributed by atoms with Gasteiger partial charge < -0.3 is 18.9 Å². The molecule has 0 heterocycles. The summed E-state index contributed by atoms with van der Waals surface area (Å²) in [5.41, 5.74) is 0. The maximum Gasteiger partial charge on any atom is 0.188 e. The number of allylic oxidation sites excluding steroid dienone is 1. The Morgan fingerprint density at radius 1 is 0.621 bits per heavy atom. The summed E-state index contributed by atoms with van der Waals surface area (Å²) in [6, 6.07) is 0. The molecular formula is C25H50O4. The number of unbranched alkanes of at least 4 members (excludes halogenated alkanes) is 10. The van der Waals surface area contributed by atoms with Gasteiger partial charge in [0.2, 0.25) is 0 Å². The van der Waals surface area contributed by atoms with E-state index in [9.17, 15) is 0 Å². The van der Waals surface area contributed by atoms with Gasteiger partial charge >= 0.3 is 0 Å². The van der Waals surface area contributed by atoms with E-state index < -0.39 is 0 Å². The molecule has 0 saturated heterocycles. The van der Waals surface area contributed by atoms with E-state index in [1.54, 1.807) is 6.26 Å². The largest absolute Gasteiger partial charge is 0.475 e. The van der Waals surface area contributed by atoms with Crippen LogP contribution in [0.15, 0.2) is 12.3 Å². The second kappa shape index (κ2) is 25.5. The van der Waals surface area contributed by atoms with Gasteiger partial charge in [0.15, 0.2) is 13.1 Å². The highest BCUT2D eigenvalue weighted by molar-refractivity contribution is 4.72. The van der Waals surface area contributed by atoms with Crippen molar-refractivity contribution in [2.75, 3.05) is 26.6 Å². The number of hydrogen-bond acceptors (Lipinski definition) is 4. The minimum Gasteiger partial charge on any atom is -0.475 e. The monoisotopic (exact) mass is 414 g/mol. The number of hydrogen-bond donors (Lipinski definition) is 0. The van der Waals surface area contributed by atoms with Crippen LogP contribution < -0.4 is 0 Å².